The summed E-state index contributed by atoms with van der Waals surface area (Å²) in [5.41, 5.74) is 1.52. The minimum absolute atomic E-state index is 0.136. The Kier molecular flexibility index (Phi) is 3.56. The van der Waals surface area contributed by atoms with Crippen LogP contribution in [-0.2, 0) is 0 Å². The molecule has 2 heterocycles. The quantitative estimate of drug-likeness (QED) is 0.943. The van der Waals surface area contributed by atoms with E-state index < -0.39 is 0 Å². The number of aryl methyl sites for hydroxylation is 1. The summed E-state index contributed by atoms with van der Waals surface area (Å²) < 4.78 is 16.2. The molecular formula is C16H17NO4. The number of carbonyl (C=O) groups excluding carboxylic acids is 1. The van der Waals surface area contributed by atoms with E-state index in [1.54, 1.807) is 13.0 Å². The van der Waals surface area contributed by atoms with E-state index in [1.165, 1.54) is 6.26 Å². The Labute approximate surface area is 122 Å². The van der Waals surface area contributed by atoms with E-state index in [4.69, 9.17) is 13.9 Å². The Morgan fingerprint density at radius 3 is 2.67 bits per heavy atom. The minimum atomic E-state index is -0.149. The lowest BCUT2D eigenvalue weighted by molar-refractivity contribution is 0.0938. The Hall–Kier alpha value is -2.43. The first kappa shape index (κ1) is 13.5. The van der Waals surface area contributed by atoms with E-state index in [0.717, 1.165) is 17.1 Å². The number of carbonyl (C=O) groups is 1. The molecule has 0 fully saturated rings. The molecule has 1 amide bonds. The molecule has 1 aromatic heterocycles. The molecule has 0 aliphatic carbocycles. The highest BCUT2D eigenvalue weighted by Crippen LogP contribution is 2.32. The van der Waals surface area contributed by atoms with E-state index >= 15 is 0 Å². The van der Waals surface area contributed by atoms with Crippen LogP contribution in [0.1, 0.15) is 34.6 Å². The van der Waals surface area contributed by atoms with Crippen molar-refractivity contribution in [3.05, 3.63) is 47.4 Å². The highest BCUT2D eigenvalue weighted by atomic mass is 16.6. The Bertz CT molecular complexity index is 662. The van der Waals surface area contributed by atoms with Gasteiger partial charge in [-0.2, -0.15) is 0 Å². The highest BCUT2D eigenvalue weighted by Gasteiger charge is 2.18. The van der Waals surface area contributed by atoms with Crippen LogP contribution in [0.3, 0.4) is 0 Å². The molecule has 0 radical (unpaired) electrons. The number of benzene rings is 1. The number of nitrogens with one attached hydrogen (secondary N) is 1. The first-order valence-corrected chi connectivity index (χ1v) is 6.89. The van der Waals surface area contributed by atoms with E-state index in [1.807, 2.05) is 25.1 Å². The molecule has 0 spiro atoms. The summed E-state index contributed by atoms with van der Waals surface area (Å²) in [7, 11) is 0. The van der Waals surface area contributed by atoms with Crippen LogP contribution in [0, 0.1) is 6.92 Å². The van der Waals surface area contributed by atoms with Gasteiger partial charge in [0.05, 0.1) is 17.9 Å². The van der Waals surface area contributed by atoms with E-state index in [9.17, 15) is 4.79 Å². The summed E-state index contributed by atoms with van der Waals surface area (Å²) in [6, 6.07) is 7.24. The molecule has 1 aliphatic heterocycles. The predicted octanol–water partition coefficient (Wildman–Crippen LogP) is 2.85. The molecule has 0 saturated heterocycles. The number of fused-ring (bicyclic) bond motifs is 1. The average Bonchev–Trinajstić information content (AvgIpc) is 2.93. The standard InChI is InChI=1S/C16H17NO4/c1-10(17-16(18)13-5-6-19-11(13)2)12-3-4-14-15(9-12)21-8-7-20-14/h3-6,9-10H,7-8H2,1-2H3,(H,17,18). The average molecular weight is 287 g/mol. The maximum Gasteiger partial charge on any atom is 0.255 e. The third kappa shape index (κ3) is 2.72. The summed E-state index contributed by atoms with van der Waals surface area (Å²) in [6.45, 7) is 4.81. The third-order valence-corrected chi connectivity index (χ3v) is 3.52. The Morgan fingerprint density at radius 2 is 1.95 bits per heavy atom. The molecule has 1 unspecified atom stereocenters. The fourth-order valence-electron chi connectivity index (χ4n) is 2.31. The fourth-order valence-corrected chi connectivity index (χ4v) is 2.31. The minimum Gasteiger partial charge on any atom is -0.486 e. The second-order valence-electron chi connectivity index (χ2n) is 4.99. The van der Waals surface area contributed by atoms with Crippen LogP contribution in [0.4, 0.5) is 0 Å². The van der Waals surface area contributed by atoms with Crippen LogP contribution < -0.4 is 14.8 Å². The predicted molar refractivity (Wildman–Crippen MR) is 76.8 cm³/mol. The van der Waals surface area contributed by atoms with Crippen molar-refractivity contribution in [2.45, 2.75) is 19.9 Å². The number of amides is 1. The maximum atomic E-state index is 12.2. The van der Waals surface area contributed by atoms with Crippen molar-refractivity contribution >= 4 is 5.91 Å². The van der Waals surface area contributed by atoms with Crippen LogP contribution in [0.5, 0.6) is 11.5 Å². The van der Waals surface area contributed by atoms with Gasteiger partial charge < -0.3 is 19.2 Å². The van der Waals surface area contributed by atoms with Gasteiger partial charge in [-0.05, 0) is 37.6 Å². The number of rotatable bonds is 3. The van der Waals surface area contributed by atoms with Crippen molar-refractivity contribution in [1.82, 2.24) is 5.32 Å². The smallest absolute Gasteiger partial charge is 0.255 e. The molecule has 1 aromatic carbocycles. The van der Waals surface area contributed by atoms with Crippen LogP contribution in [0.25, 0.3) is 0 Å². The van der Waals surface area contributed by atoms with Gasteiger partial charge in [-0.1, -0.05) is 6.07 Å². The molecule has 0 saturated carbocycles. The zero-order chi connectivity index (χ0) is 14.8. The molecule has 1 N–H and O–H groups in total. The summed E-state index contributed by atoms with van der Waals surface area (Å²) in [6.07, 6.45) is 1.51. The normalized spacial score (nSPS) is 14.6. The summed E-state index contributed by atoms with van der Waals surface area (Å²) in [5.74, 6) is 1.93. The lowest BCUT2D eigenvalue weighted by Gasteiger charge is -2.21. The van der Waals surface area contributed by atoms with Gasteiger partial charge >= 0.3 is 0 Å². The third-order valence-electron chi connectivity index (χ3n) is 3.52. The summed E-state index contributed by atoms with van der Waals surface area (Å²) in [4.78, 5) is 12.2. The van der Waals surface area contributed by atoms with Gasteiger partial charge in [-0.3, -0.25) is 4.79 Å². The number of hydrogen-bond donors (Lipinski definition) is 1. The van der Waals surface area contributed by atoms with Crippen molar-refractivity contribution in [1.29, 1.82) is 0 Å². The molecule has 5 heteroatoms. The molecule has 2 aromatic rings. The van der Waals surface area contributed by atoms with Crippen molar-refractivity contribution in [3.8, 4) is 11.5 Å². The van der Waals surface area contributed by atoms with Crippen molar-refractivity contribution in [2.75, 3.05) is 13.2 Å². The summed E-state index contributed by atoms with van der Waals surface area (Å²) in [5, 5.41) is 2.95. The highest BCUT2D eigenvalue weighted by molar-refractivity contribution is 5.95. The van der Waals surface area contributed by atoms with Crippen molar-refractivity contribution < 1.29 is 18.7 Å². The van der Waals surface area contributed by atoms with Gasteiger partial charge in [-0.15, -0.1) is 0 Å². The second kappa shape index (κ2) is 5.52. The van der Waals surface area contributed by atoms with Crippen molar-refractivity contribution in [2.24, 2.45) is 0 Å². The van der Waals surface area contributed by atoms with E-state index in [0.29, 0.717) is 24.5 Å². The first-order valence-electron chi connectivity index (χ1n) is 6.89. The Balaban J connectivity index is 1.75. The van der Waals surface area contributed by atoms with Gasteiger partial charge in [-0.25, -0.2) is 0 Å². The van der Waals surface area contributed by atoms with Gasteiger partial charge in [0.15, 0.2) is 11.5 Å². The molecule has 0 bridgehead atoms. The Morgan fingerprint density at radius 1 is 1.19 bits per heavy atom. The SMILES string of the molecule is Cc1occc1C(=O)NC(C)c1ccc2c(c1)OCCO2. The van der Waals surface area contributed by atoms with Crippen LogP contribution >= 0.6 is 0 Å². The first-order chi connectivity index (χ1) is 10.1. The molecule has 1 atom stereocenters. The molecule has 5 nitrogen and oxygen atoms in total. The lowest BCUT2D eigenvalue weighted by Crippen LogP contribution is -2.27. The zero-order valence-electron chi connectivity index (χ0n) is 12.0. The monoisotopic (exact) mass is 287 g/mol. The molecule has 110 valence electrons. The van der Waals surface area contributed by atoms with Crippen LogP contribution in [-0.4, -0.2) is 19.1 Å². The van der Waals surface area contributed by atoms with Crippen molar-refractivity contribution in [3.63, 3.8) is 0 Å². The molecule has 3 rings (SSSR count). The van der Waals surface area contributed by atoms with E-state index in [2.05, 4.69) is 5.32 Å². The van der Waals surface area contributed by atoms with Gasteiger partial charge in [0.2, 0.25) is 0 Å². The number of furan rings is 1. The van der Waals surface area contributed by atoms with Gasteiger partial charge in [0.25, 0.3) is 5.91 Å². The van der Waals surface area contributed by atoms with Gasteiger partial charge in [0, 0.05) is 0 Å². The lowest BCUT2D eigenvalue weighted by atomic mass is 10.1. The van der Waals surface area contributed by atoms with Crippen LogP contribution in [0.2, 0.25) is 0 Å². The fraction of sp³-hybridized carbons (Fsp3) is 0.312. The number of ether oxygens (including phenoxy) is 2. The zero-order valence-corrected chi connectivity index (χ0v) is 12.0. The maximum absolute atomic E-state index is 12.2. The molecular weight excluding hydrogens is 270 g/mol. The topological polar surface area (TPSA) is 60.7 Å². The summed E-state index contributed by atoms with van der Waals surface area (Å²) >= 11 is 0. The largest absolute Gasteiger partial charge is 0.486 e. The van der Waals surface area contributed by atoms with E-state index in [-0.39, 0.29) is 11.9 Å². The second-order valence-corrected chi connectivity index (χ2v) is 4.99. The number of hydrogen-bond acceptors (Lipinski definition) is 4. The van der Waals surface area contributed by atoms with Gasteiger partial charge in [0.1, 0.15) is 19.0 Å². The van der Waals surface area contributed by atoms with Crippen LogP contribution in [0.15, 0.2) is 34.9 Å². The molecule has 21 heavy (non-hydrogen) atoms. The molecule has 1 aliphatic rings.